The number of anilines is 1. The molecule has 2 N–H and O–H groups in total. The van der Waals surface area contributed by atoms with Gasteiger partial charge in [-0.05, 0) is 25.2 Å². The van der Waals surface area contributed by atoms with Crippen LogP contribution in [0.25, 0.3) is 0 Å². The van der Waals surface area contributed by atoms with Crippen molar-refractivity contribution in [2.75, 3.05) is 5.32 Å². The van der Waals surface area contributed by atoms with Gasteiger partial charge in [-0.25, -0.2) is 0 Å². The van der Waals surface area contributed by atoms with Crippen molar-refractivity contribution in [2.24, 2.45) is 23.7 Å². The number of allylic oxidation sites excluding steroid dienone is 2. The highest BCUT2D eigenvalue weighted by molar-refractivity contribution is 5.94. The third-order valence-electron chi connectivity index (χ3n) is 3.90. The molecule has 0 aliphatic heterocycles. The van der Waals surface area contributed by atoms with Gasteiger partial charge in [0.25, 0.3) is 0 Å². The van der Waals surface area contributed by atoms with Gasteiger partial charge in [0.2, 0.25) is 5.91 Å². The first-order valence-corrected chi connectivity index (χ1v) is 6.20. The normalized spacial score (nSPS) is 31.6. The SMILES string of the molecule is Cc1coc(NC(=O)[C@H]2C3C=CC(C3)[C@H]2C(=O)O)n1. The molecule has 1 heterocycles. The highest BCUT2D eigenvalue weighted by Gasteiger charge is 2.51. The Labute approximate surface area is 109 Å². The largest absolute Gasteiger partial charge is 0.481 e. The van der Waals surface area contributed by atoms with Gasteiger partial charge >= 0.3 is 12.0 Å². The van der Waals surface area contributed by atoms with E-state index in [2.05, 4.69) is 10.3 Å². The predicted octanol–water partition coefficient (Wildman–Crippen LogP) is 1.44. The van der Waals surface area contributed by atoms with Crippen molar-refractivity contribution >= 4 is 17.9 Å². The number of carbonyl (C=O) groups excluding carboxylic acids is 1. The minimum Gasteiger partial charge on any atom is -0.481 e. The minimum absolute atomic E-state index is 0.00200. The lowest BCUT2D eigenvalue weighted by Crippen LogP contribution is -2.36. The van der Waals surface area contributed by atoms with Crippen LogP contribution in [-0.2, 0) is 9.59 Å². The maximum absolute atomic E-state index is 12.2. The highest BCUT2D eigenvalue weighted by atomic mass is 16.4. The van der Waals surface area contributed by atoms with E-state index in [1.165, 1.54) is 6.26 Å². The van der Waals surface area contributed by atoms with Crippen molar-refractivity contribution in [1.82, 2.24) is 4.98 Å². The average molecular weight is 262 g/mol. The van der Waals surface area contributed by atoms with Crippen LogP contribution < -0.4 is 5.32 Å². The maximum Gasteiger partial charge on any atom is 0.307 e. The number of nitrogens with zero attached hydrogens (tertiary/aromatic N) is 1. The van der Waals surface area contributed by atoms with Crippen molar-refractivity contribution in [2.45, 2.75) is 13.3 Å². The molecular weight excluding hydrogens is 248 g/mol. The molecular formula is C13H14N2O4. The van der Waals surface area contributed by atoms with Crippen LogP contribution in [0, 0.1) is 30.6 Å². The van der Waals surface area contributed by atoms with Crippen LogP contribution in [0.15, 0.2) is 22.8 Å². The van der Waals surface area contributed by atoms with Gasteiger partial charge in [-0.1, -0.05) is 12.2 Å². The van der Waals surface area contributed by atoms with Gasteiger partial charge in [-0.3, -0.25) is 14.9 Å². The van der Waals surface area contributed by atoms with E-state index < -0.39 is 17.8 Å². The smallest absolute Gasteiger partial charge is 0.307 e. The second kappa shape index (κ2) is 4.22. The van der Waals surface area contributed by atoms with Gasteiger partial charge in [0, 0.05) is 0 Å². The van der Waals surface area contributed by atoms with Crippen LogP contribution in [-0.4, -0.2) is 22.0 Å². The number of fused-ring (bicyclic) bond motifs is 2. The third-order valence-corrected chi connectivity index (χ3v) is 3.90. The number of rotatable bonds is 3. The first-order chi connectivity index (χ1) is 9.06. The summed E-state index contributed by atoms with van der Waals surface area (Å²) in [7, 11) is 0. The molecule has 19 heavy (non-hydrogen) atoms. The number of carboxylic acids is 1. The van der Waals surface area contributed by atoms with Crippen LogP contribution in [0.5, 0.6) is 0 Å². The third kappa shape index (κ3) is 1.93. The van der Waals surface area contributed by atoms with E-state index in [1.54, 1.807) is 6.92 Å². The minimum atomic E-state index is -0.916. The fourth-order valence-electron chi connectivity index (χ4n) is 3.12. The second-order valence-corrected chi connectivity index (χ2v) is 5.12. The molecule has 0 spiro atoms. The molecule has 1 fully saturated rings. The molecule has 6 heteroatoms. The maximum atomic E-state index is 12.2. The van der Waals surface area contributed by atoms with E-state index in [4.69, 9.17) is 4.42 Å². The van der Waals surface area contributed by atoms with E-state index in [-0.39, 0.29) is 23.8 Å². The summed E-state index contributed by atoms with van der Waals surface area (Å²) in [6.45, 7) is 1.75. The van der Waals surface area contributed by atoms with Crippen LogP contribution in [0.4, 0.5) is 6.01 Å². The summed E-state index contributed by atoms with van der Waals surface area (Å²) in [6, 6.07) is 0.124. The van der Waals surface area contributed by atoms with Crippen molar-refractivity contribution in [3.8, 4) is 0 Å². The molecule has 1 amide bonds. The topological polar surface area (TPSA) is 92.4 Å². The van der Waals surface area contributed by atoms with Crippen molar-refractivity contribution in [3.63, 3.8) is 0 Å². The highest BCUT2D eigenvalue weighted by Crippen LogP contribution is 2.48. The average Bonchev–Trinajstić information content (AvgIpc) is 3.03. The molecule has 0 saturated heterocycles. The zero-order valence-corrected chi connectivity index (χ0v) is 10.4. The predicted molar refractivity (Wildman–Crippen MR) is 65.2 cm³/mol. The monoisotopic (exact) mass is 262 g/mol. The number of nitrogens with one attached hydrogen (secondary N) is 1. The lowest BCUT2D eigenvalue weighted by Gasteiger charge is -2.22. The van der Waals surface area contributed by atoms with E-state index in [0.717, 1.165) is 6.42 Å². The lowest BCUT2D eigenvalue weighted by atomic mass is 9.82. The Morgan fingerprint density at radius 2 is 2.05 bits per heavy atom. The van der Waals surface area contributed by atoms with Crippen molar-refractivity contribution in [1.29, 1.82) is 0 Å². The summed E-state index contributed by atoms with van der Waals surface area (Å²) in [5, 5.41) is 11.8. The number of aliphatic carboxylic acids is 1. The van der Waals surface area contributed by atoms with E-state index in [9.17, 15) is 14.7 Å². The van der Waals surface area contributed by atoms with Gasteiger partial charge in [0.05, 0.1) is 17.5 Å². The number of hydrogen-bond donors (Lipinski definition) is 2. The molecule has 2 bridgehead atoms. The molecule has 2 aliphatic carbocycles. The quantitative estimate of drug-likeness (QED) is 0.804. The van der Waals surface area contributed by atoms with Crippen LogP contribution in [0.1, 0.15) is 12.1 Å². The number of hydrogen-bond acceptors (Lipinski definition) is 4. The van der Waals surface area contributed by atoms with Crippen molar-refractivity contribution in [3.05, 3.63) is 24.1 Å². The molecule has 3 rings (SSSR count). The number of aromatic nitrogens is 1. The molecule has 1 saturated carbocycles. The van der Waals surface area contributed by atoms with E-state index in [0.29, 0.717) is 5.69 Å². The Bertz CT molecular complexity index is 563. The zero-order chi connectivity index (χ0) is 13.6. The second-order valence-electron chi connectivity index (χ2n) is 5.12. The molecule has 100 valence electrons. The van der Waals surface area contributed by atoms with Gasteiger partial charge in [0.1, 0.15) is 6.26 Å². The molecule has 4 atom stereocenters. The number of oxazole rings is 1. The molecule has 0 radical (unpaired) electrons. The summed E-state index contributed by atoms with van der Waals surface area (Å²) in [4.78, 5) is 27.5. The molecule has 6 nitrogen and oxygen atoms in total. The first kappa shape index (κ1) is 12.0. The Kier molecular flexibility index (Phi) is 2.66. The molecule has 1 aromatic heterocycles. The first-order valence-electron chi connectivity index (χ1n) is 6.20. The molecule has 1 aromatic rings. The summed E-state index contributed by atoms with van der Waals surface area (Å²) < 4.78 is 5.06. The molecule has 2 unspecified atom stereocenters. The summed E-state index contributed by atoms with van der Waals surface area (Å²) in [5.74, 6) is -2.47. The Balaban J connectivity index is 1.79. The van der Waals surface area contributed by atoms with E-state index in [1.807, 2.05) is 12.2 Å². The Hall–Kier alpha value is -2.11. The van der Waals surface area contributed by atoms with Crippen LogP contribution in [0.2, 0.25) is 0 Å². The van der Waals surface area contributed by atoms with Crippen LogP contribution >= 0.6 is 0 Å². The fraction of sp³-hybridized carbons (Fsp3) is 0.462. The molecule has 2 aliphatic rings. The Morgan fingerprint density at radius 3 is 2.63 bits per heavy atom. The van der Waals surface area contributed by atoms with Crippen molar-refractivity contribution < 1.29 is 19.1 Å². The number of amides is 1. The van der Waals surface area contributed by atoms with Gasteiger partial charge < -0.3 is 9.52 Å². The summed E-state index contributed by atoms with van der Waals surface area (Å²) >= 11 is 0. The number of carbonyl (C=O) groups is 2. The zero-order valence-electron chi connectivity index (χ0n) is 10.4. The molecule has 0 aromatic carbocycles. The Morgan fingerprint density at radius 1 is 1.37 bits per heavy atom. The van der Waals surface area contributed by atoms with Gasteiger partial charge in [-0.15, -0.1) is 0 Å². The number of carboxylic acid groups (broad SMARTS) is 1. The number of aryl methyl sites for hydroxylation is 1. The van der Waals surface area contributed by atoms with Crippen LogP contribution in [0.3, 0.4) is 0 Å². The van der Waals surface area contributed by atoms with Gasteiger partial charge in [-0.2, -0.15) is 4.98 Å². The lowest BCUT2D eigenvalue weighted by molar-refractivity contribution is -0.146. The van der Waals surface area contributed by atoms with Gasteiger partial charge in [0.15, 0.2) is 0 Å². The fourth-order valence-corrected chi connectivity index (χ4v) is 3.12. The summed E-state index contributed by atoms with van der Waals surface area (Å²) in [6.07, 6.45) is 6.02. The standard InChI is InChI=1S/C13H14N2O4/c1-6-5-19-13(14-6)15-11(16)9-7-2-3-8(4-7)10(9)12(17)18/h2-3,5,7-10H,4H2,1H3,(H,17,18)(H,14,15,16)/t7?,8?,9-,10+/m0/s1. The van der Waals surface area contributed by atoms with E-state index >= 15 is 0 Å². The summed E-state index contributed by atoms with van der Waals surface area (Å²) in [5.41, 5.74) is 0.665.